The number of aryl methyl sites for hydroxylation is 2. The highest BCUT2D eigenvalue weighted by atomic mass is 15.3. The van der Waals surface area contributed by atoms with Crippen LogP contribution in [0.25, 0.3) is 44.6 Å². The van der Waals surface area contributed by atoms with E-state index in [9.17, 15) is 0 Å². The molecule has 0 fully saturated rings. The van der Waals surface area contributed by atoms with E-state index in [1.54, 1.807) is 0 Å². The average molecular weight is 472 g/mol. The van der Waals surface area contributed by atoms with Crippen LogP contribution in [-0.2, 0) is 5.41 Å². The second-order valence-electron chi connectivity index (χ2n) is 10.4. The molecule has 0 saturated heterocycles. The second-order valence-corrected chi connectivity index (χ2v) is 10.4. The largest absolute Gasteiger partial charge is 0.214 e. The molecule has 0 unspecified atom stereocenters. The zero-order chi connectivity index (χ0) is 25.0. The molecule has 0 radical (unpaired) electrons. The molecule has 0 aliphatic carbocycles. The Bertz CT molecular complexity index is 1600. The molecule has 0 N–H and O–H groups in total. The Morgan fingerprint density at radius 3 is 1.44 bits per heavy atom. The Balaban J connectivity index is 1.74. The van der Waals surface area contributed by atoms with Gasteiger partial charge in [0.15, 0.2) is 11.3 Å². The number of aromatic nitrogens is 5. The quantitative estimate of drug-likeness (QED) is 0.271. The highest BCUT2D eigenvalue weighted by Gasteiger charge is 2.24. The van der Waals surface area contributed by atoms with E-state index in [2.05, 4.69) is 83.1 Å². The minimum atomic E-state index is 0.0869. The van der Waals surface area contributed by atoms with Gasteiger partial charge in [-0.15, -0.1) is 0 Å². The molecule has 3 heterocycles. The Hall–Kier alpha value is -4.25. The monoisotopic (exact) mass is 471 g/mol. The van der Waals surface area contributed by atoms with Gasteiger partial charge in [0, 0.05) is 5.56 Å². The van der Waals surface area contributed by atoms with Gasteiger partial charge in [0.1, 0.15) is 0 Å². The Morgan fingerprint density at radius 2 is 1.03 bits per heavy atom. The summed E-state index contributed by atoms with van der Waals surface area (Å²) in [6.45, 7) is 10.9. The van der Waals surface area contributed by atoms with Crippen LogP contribution in [0.3, 0.4) is 0 Å². The van der Waals surface area contributed by atoms with E-state index in [4.69, 9.17) is 15.2 Å². The Kier molecular flexibility index (Phi) is 5.04. The lowest BCUT2D eigenvalue weighted by atomic mass is 9.86. The summed E-state index contributed by atoms with van der Waals surface area (Å²) in [5.41, 5.74) is 9.20. The van der Waals surface area contributed by atoms with Gasteiger partial charge in [-0.05, 0) is 54.7 Å². The predicted molar refractivity (Wildman–Crippen MR) is 147 cm³/mol. The van der Waals surface area contributed by atoms with E-state index in [0.717, 1.165) is 56.0 Å². The third-order valence-corrected chi connectivity index (χ3v) is 6.82. The van der Waals surface area contributed by atoms with E-state index in [1.165, 1.54) is 5.56 Å². The van der Waals surface area contributed by atoms with E-state index in [-0.39, 0.29) is 5.41 Å². The van der Waals surface area contributed by atoms with Crippen molar-refractivity contribution in [3.8, 4) is 22.5 Å². The summed E-state index contributed by atoms with van der Waals surface area (Å²) >= 11 is 0. The smallest absolute Gasteiger partial charge is 0.166 e. The molecule has 0 bridgehead atoms. The van der Waals surface area contributed by atoms with Gasteiger partial charge in [-0.3, -0.25) is 0 Å². The second kappa shape index (κ2) is 8.16. The molecule has 178 valence electrons. The maximum absolute atomic E-state index is 5.22. The van der Waals surface area contributed by atoms with Crippen molar-refractivity contribution >= 4 is 22.1 Å². The van der Waals surface area contributed by atoms with Crippen molar-refractivity contribution in [2.24, 2.45) is 0 Å². The molecule has 36 heavy (non-hydrogen) atoms. The summed E-state index contributed by atoms with van der Waals surface area (Å²) in [5.74, 6) is 0. The van der Waals surface area contributed by atoms with Crippen LogP contribution in [0.1, 0.15) is 37.7 Å². The van der Waals surface area contributed by atoms with Crippen molar-refractivity contribution in [3.63, 3.8) is 0 Å². The third kappa shape index (κ3) is 3.51. The molecule has 0 amide bonds. The molecular weight excluding hydrogens is 442 g/mol. The molecular formula is C31H29N5. The van der Waals surface area contributed by atoms with E-state index in [1.807, 2.05) is 45.8 Å². The molecule has 5 heteroatoms. The summed E-state index contributed by atoms with van der Waals surface area (Å²) in [7, 11) is 0. The first-order chi connectivity index (χ1) is 17.3. The van der Waals surface area contributed by atoms with Gasteiger partial charge in [0.2, 0.25) is 0 Å². The first kappa shape index (κ1) is 22.2. The van der Waals surface area contributed by atoms with Crippen LogP contribution >= 0.6 is 0 Å². The van der Waals surface area contributed by atoms with Crippen LogP contribution in [-0.4, -0.2) is 24.5 Å². The summed E-state index contributed by atoms with van der Waals surface area (Å²) in [6, 6.07) is 29.3. The van der Waals surface area contributed by atoms with Gasteiger partial charge < -0.3 is 0 Å². The summed E-state index contributed by atoms with van der Waals surface area (Å²) in [6.07, 6.45) is 0. The lowest BCUT2D eigenvalue weighted by molar-refractivity contribution is 0.590. The average Bonchev–Trinajstić information content (AvgIpc) is 3.40. The lowest BCUT2D eigenvalue weighted by Gasteiger charge is -2.19. The highest BCUT2D eigenvalue weighted by Crippen LogP contribution is 2.40. The summed E-state index contributed by atoms with van der Waals surface area (Å²) in [5, 5.41) is 12.0. The third-order valence-electron chi connectivity index (χ3n) is 6.82. The minimum Gasteiger partial charge on any atom is -0.214 e. The van der Waals surface area contributed by atoms with Crippen LogP contribution < -0.4 is 0 Å². The number of nitrogens with zero attached hydrogens (tertiary/aromatic N) is 5. The lowest BCUT2D eigenvalue weighted by Crippen LogP contribution is -2.10. The molecule has 0 aliphatic heterocycles. The van der Waals surface area contributed by atoms with E-state index < -0.39 is 0 Å². The van der Waals surface area contributed by atoms with Gasteiger partial charge >= 0.3 is 0 Å². The van der Waals surface area contributed by atoms with Gasteiger partial charge in [0.25, 0.3) is 0 Å². The summed E-state index contributed by atoms with van der Waals surface area (Å²) < 4.78 is 3.91. The Morgan fingerprint density at radius 1 is 0.583 bits per heavy atom. The molecule has 5 nitrogen and oxygen atoms in total. The molecule has 0 atom stereocenters. The van der Waals surface area contributed by atoms with Crippen LogP contribution in [0.2, 0.25) is 0 Å². The minimum absolute atomic E-state index is 0.0869. The van der Waals surface area contributed by atoms with Gasteiger partial charge in [-0.1, -0.05) is 81.4 Å². The fourth-order valence-corrected chi connectivity index (χ4v) is 4.97. The molecule has 0 aliphatic rings. The predicted octanol–water partition coefficient (Wildman–Crippen LogP) is 7.34. The van der Waals surface area contributed by atoms with E-state index in [0.29, 0.717) is 0 Å². The van der Waals surface area contributed by atoms with Crippen molar-refractivity contribution in [2.75, 3.05) is 0 Å². The molecule has 3 aromatic carbocycles. The first-order valence-electron chi connectivity index (χ1n) is 12.3. The SMILES string of the molecule is Cc1nn(-c2ccccc2)c2nc3c(c(C)nn3-c3ccccc3)c(-c3ccc(C(C)(C)C)cc3)c12. The van der Waals surface area contributed by atoms with Crippen LogP contribution in [0.15, 0.2) is 84.9 Å². The van der Waals surface area contributed by atoms with Crippen molar-refractivity contribution in [2.45, 2.75) is 40.0 Å². The maximum atomic E-state index is 5.22. The van der Waals surface area contributed by atoms with E-state index >= 15 is 0 Å². The zero-order valence-corrected chi connectivity index (χ0v) is 21.3. The van der Waals surface area contributed by atoms with Crippen LogP contribution in [0.4, 0.5) is 0 Å². The standard InChI is InChI=1S/C31H29N5/c1-20-26-28(22-16-18-23(19-17-22)31(3,4)5)27-21(2)34-36(25-14-10-7-11-15-25)30(27)32-29(26)35(33-20)24-12-8-6-9-13-24/h6-19H,1-5H3. The fourth-order valence-electron chi connectivity index (χ4n) is 4.97. The summed E-state index contributed by atoms with van der Waals surface area (Å²) in [4.78, 5) is 5.22. The molecule has 6 aromatic rings. The highest BCUT2D eigenvalue weighted by molar-refractivity contribution is 6.10. The normalized spacial score (nSPS) is 12.0. The van der Waals surface area contributed by atoms with Crippen molar-refractivity contribution in [1.29, 1.82) is 0 Å². The van der Waals surface area contributed by atoms with Crippen LogP contribution in [0, 0.1) is 13.8 Å². The zero-order valence-electron chi connectivity index (χ0n) is 21.3. The van der Waals surface area contributed by atoms with Gasteiger partial charge in [-0.25, -0.2) is 14.3 Å². The van der Waals surface area contributed by atoms with Gasteiger partial charge in [0.05, 0.1) is 33.5 Å². The molecule has 6 rings (SSSR count). The topological polar surface area (TPSA) is 48.5 Å². The number of hydrogen-bond donors (Lipinski definition) is 0. The number of fused-ring (bicyclic) bond motifs is 2. The maximum Gasteiger partial charge on any atom is 0.166 e. The number of pyridine rings is 1. The van der Waals surface area contributed by atoms with Crippen molar-refractivity contribution < 1.29 is 0 Å². The first-order valence-corrected chi connectivity index (χ1v) is 12.3. The van der Waals surface area contributed by atoms with Gasteiger partial charge in [-0.2, -0.15) is 10.2 Å². The fraction of sp³-hybridized carbons (Fsp3) is 0.194. The van der Waals surface area contributed by atoms with Crippen LogP contribution in [0.5, 0.6) is 0 Å². The Labute approximate surface area is 211 Å². The van der Waals surface area contributed by atoms with Crippen molar-refractivity contribution in [3.05, 3.63) is 102 Å². The molecule has 0 spiro atoms. The van der Waals surface area contributed by atoms with Crippen molar-refractivity contribution in [1.82, 2.24) is 24.5 Å². The molecule has 0 saturated carbocycles. The number of rotatable bonds is 3. The number of para-hydroxylation sites is 2. The number of benzene rings is 3. The molecule has 3 aromatic heterocycles. The number of hydrogen-bond acceptors (Lipinski definition) is 3.